The van der Waals surface area contributed by atoms with Crippen molar-refractivity contribution < 1.29 is 19.7 Å². The monoisotopic (exact) mass is 208 g/mol. The largest absolute Gasteiger partial charge is 0.507 e. The van der Waals surface area contributed by atoms with Crippen LogP contribution in [0.4, 0.5) is 0 Å². The molecule has 0 bridgehead atoms. The normalized spacial score (nSPS) is 10.5. The van der Waals surface area contributed by atoms with Crippen LogP contribution in [-0.2, 0) is 4.74 Å². The number of aliphatic hydroxyl groups is 1. The molecule has 0 heterocycles. The molecular formula is C11H12O4. The van der Waals surface area contributed by atoms with Gasteiger partial charge in [0, 0.05) is 0 Å². The van der Waals surface area contributed by atoms with Crippen LogP contribution in [0.15, 0.2) is 24.3 Å². The third kappa shape index (κ3) is 2.82. The van der Waals surface area contributed by atoms with Gasteiger partial charge in [-0.3, -0.25) is 0 Å². The van der Waals surface area contributed by atoms with Crippen LogP contribution in [0.2, 0.25) is 0 Å². The highest BCUT2D eigenvalue weighted by molar-refractivity contribution is 5.93. The van der Waals surface area contributed by atoms with Crippen molar-refractivity contribution >= 4 is 12.0 Å². The molecule has 15 heavy (non-hydrogen) atoms. The van der Waals surface area contributed by atoms with Crippen molar-refractivity contribution in [3.8, 4) is 5.75 Å². The number of ether oxygens (including phenoxy) is 1. The van der Waals surface area contributed by atoms with Gasteiger partial charge in [-0.15, -0.1) is 0 Å². The minimum Gasteiger partial charge on any atom is -0.507 e. The summed E-state index contributed by atoms with van der Waals surface area (Å²) in [7, 11) is 1.25. The van der Waals surface area contributed by atoms with Crippen LogP contribution in [-0.4, -0.2) is 29.9 Å². The summed E-state index contributed by atoms with van der Waals surface area (Å²) in [6, 6.07) is 4.53. The first-order chi connectivity index (χ1) is 7.19. The summed E-state index contributed by atoms with van der Waals surface area (Å²) in [5.41, 5.74) is 0.819. The van der Waals surface area contributed by atoms with Crippen LogP contribution in [0.3, 0.4) is 0 Å². The fraction of sp³-hybridized carbons (Fsp3) is 0.182. The molecule has 0 aliphatic carbocycles. The summed E-state index contributed by atoms with van der Waals surface area (Å²) >= 11 is 0. The van der Waals surface area contributed by atoms with E-state index in [2.05, 4.69) is 4.74 Å². The lowest BCUT2D eigenvalue weighted by Crippen LogP contribution is -2.01. The lowest BCUT2D eigenvalue weighted by atomic mass is 10.1. The summed E-state index contributed by atoms with van der Waals surface area (Å²) in [5, 5.41) is 18.0. The maximum absolute atomic E-state index is 11.2. The van der Waals surface area contributed by atoms with Crippen LogP contribution in [0, 0.1) is 0 Å². The Hall–Kier alpha value is -1.81. The van der Waals surface area contributed by atoms with Gasteiger partial charge in [-0.05, 0) is 17.7 Å². The molecule has 2 N–H and O–H groups in total. The number of carbonyl (C=O) groups excluding carboxylic acids is 1. The number of aliphatic hydroxyl groups excluding tert-OH is 1. The average Bonchev–Trinajstić information content (AvgIpc) is 2.27. The zero-order valence-electron chi connectivity index (χ0n) is 8.30. The lowest BCUT2D eigenvalue weighted by molar-refractivity contribution is 0.0597. The van der Waals surface area contributed by atoms with Gasteiger partial charge in [-0.25, -0.2) is 4.79 Å². The molecule has 0 aromatic heterocycles. The van der Waals surface area contributed by atoms with E-state index in [4.69, 9.17) is 5.11 Å². The number of aromatic hydroxyl groups is 1. The molecule has 0 saturated heterocycles. The van der Waals surface area contributed by atoms with E-state index in [0.29, 0.717) is 5.56 Å². The Kier molecular flexibility index (Phi) is 3.88. The van der Waals surface area contributed by atoms with Crippen molar-refractivity contribution in [2.45, 2.75) is 0 Å². The Labute approximate surface area is 87.4 Å². The van der Waals surface area contributed by atoms with Crippen LogP contribution in [0.25, 0.3) is 6.08 Å². The molecule has 80 valence electrons. The zero-order chi connectivity index (χ0) is 11.3. The summed E-state index contributed by atoms with van der Waals surface area (Å²) in [6.45, 7) is -0.0750. The summed E-state index contributed by atoms with van der Waals surface area (Å²) in [4.78, 5) is 11.2. The van der Waals surface area contributed by atoms with Crippen molar-refractivity contribution in [1.82, 2.24) is 0 Å². The Morgan fingerprint density at radius 3 is 2.87 bits per heavy atom. The van der Waals surface area contributed by atoms with Gasteiger partial charge >= 0.3 is 5.97 Å². The second-order valence-electron chi connectivity index (χ2n) is 2.85. The third-order valence-corrected chi connectivity index (χ3v) is 1.84. The molecule has 0 aliphatic rings. The first-order valence-corrected chi connectivity index (χ1v) is 4.37. The molecule has 1 aromatic rings. The minimum absolute atomic E-state index is 0.0750. The average molecular weight is 208 g/mol. The van der Waals surface area contributed by atoms with E-state index in [1.165, 1.54) is 25.3 Å². The maximum Gasteiger partial charge on any atom is 0.341 e. The smallest absolute Gasteiger partial charge is 0.341 e. The maximum atomic E-state index is 11.2. The highest BCUT2D eigenvalue weighted by Gasteiger charge is 2.10. The van der Waals surface area contributed by atoms with E-state index in [9.17, 15) is 9.90 Å². The Balaban J connectivity index is 3.05. The van der Waals surface area contributed by atoms with E-state index in [0.717, 1.165) is 0 Å². The van der Waals surface area contributed by atoms with E-state index in [1.54, 1.807) is 12.1 Å². The van der Waals surface area contributed by atoms with Crippen molar-refractivity contribution in [2.24, 2.45) is 0 Å². The molecule has 4 heteroatoms. The predicted octanol–water partition coefficient (Wildman–Crippen LogP) is 1.18. The molecule has 1 rings (SSSR count). The molecule has 0 amide bonds. The molecule has 0 saturated carbocycles. The summed E-state index contributed by atoms with van der Waals surface area (Å²) < 4.78 is 4.50. The van der Waals surface area contributed by atoms with Gasteiger partial charge in [0.05, 0.1) is 13.7 Å². The molecule has 0 fully saturated rings. The summed E-state index contributed by atoms with van der Waals surface area (Å²) in [6.07, 6.45) is 3.18. The van der Waals surface area contributed by atoms with Gasteiger partial charge in [0.15, 0.2) is 0 Å². The van der Waals surface area contributed by atoms with Gasteiger partial charge in [0.1, 0.15) is 11.3 Å². The Morgan fingerprint density at radius 1 is 1.53 bits per heavy atom. The van der Waals surface area contributed by atoms with Crippen LogP contribution in [0.1, 0.15) is 15.9 Å². The van der Waals surface area contributed by atoms with E-state index in [1.807, 2.05) is 0 Å². The van der Waals surface area contributed by atoms with Crippen LogP contribution < -0.4 is 0 Å². The number of carbonyl (C=O) groups is 1. The SMILES string of the molecule is COC(=O)c1cc(/C=C/CO)ccc1O. The topological polar surface area (TPSA) is 66.8 Å². The molecular weight excluding hydrogens is 196 g/mol. The predicted molar refractivity (Wildman–Crippen MR) is 55.6 cm³/mol. The van der Waals surface area contributed by atoms with E-state index < -0.39 is 5.97 Å². The molecule has 0 radical (unpaired) electrons. The second kappa shape index (κ2) is 5.17. The zero-order valence-corrected chi connectivity index (χ0v) is 8.30. The standard InChI is InChI=1S/C11H12O4/c1-15-11(14)9-7-8(3-2-6-12)4-5-10(9)13/h2-5,7,12-13H,6H2,1H3/b3-2+. The number of benzene rings is 1. The van der Waals surface area contributed by atoms with E-state index >= 15 is 0 Å². The molecule has 0 spiro atoms. The van der Waals surface area contributed by atoms with Crippen molar-refractivity contribution in [3.63, 3.8) is 0 Å². The third-order valence-electron chi connectivity index (χ3n) is 1.84. The highest BCUT2D eigenvalue weighted by atomic mass is 16.5. The summed E-state index contributed by atoms with van der Waals surface area (Å²) in [5.74, 6) is -0.713. The number of methoxy groups -OCH3 is 1. The molecule has 0 atom stereocenters. The van der Waals surface area contributed by atoms with Crippen molar-refractivity contribution in [1.29, 1.82) is 0 Å². The van der Waals surface area contributed by atoms with Gasteiger partial charge < -0.3 is 14.9 Å². The first kappa shape index (κ1) is 11.3. The van der Waals surface area contributed by atoms with E-state index in [-0.39, 0.29) is 17.9 Å². The van der Waals surface area contributed by atoms with Gasteiger partial charge in [-0.2, -0.15) is 0 Å². The van der Waals surface area contributed by atoms with Crippen LogP contribution in [0.5, 0.6) is 5.75 Å². The first-order valence-electron chi connectivity index (χ1n) is 4.37. The fourth-order valence-corrected chi connectivity index (χ4v) is 1.12. The fourth-order valence-electron chi connectivity index (χ4n) is 1.12. The molecule has 1 aromatic carbocycles. The van der Waals surface area contributed by atoms with Crippen molar-refractivity contribution in [2.75, 3.05) is 13.7 Å². The van der Waals surface area contributed by atoms with Crippen LogP contribution >= 0.6 is 0 Å². The molecule has 0 aliphatic heterocycles. The Bertz CT molecular complexity index is 382. The lowest BCUT2D eigenvalue weighted by Gasteiger charge is -2.03. The van der Waals surface area contributed by atoms with Gasteiger partial charge in [-0.1, -0.05) is 18.2 Å². The quantitative estimate of drug-likeness (QED) is 0.732. The number of hydrogen-bond acceptors (Lipinski definition) is 4. The number of esters is 1. The number of phenols is 1. The second-order valence-corrected chi connectivity index (χ2v) is 2.85. The Morgan fingerprint density at radius 2 is 2.27 bits per heavy atom. The number of hydrogen-bond donors (Lipinski definition) is 2. The molecule has 0 unspecified atom stereocenters. The van der Waals surface area contributed by atoms with Crippen molar-refractivity contribution in [3.05, 3.63) is 35.4 Å². The van der Waals surface area contributed by atoms with Gasteiger partial charge in [0.25, 0.3) is 0 Å². The number of phenolic OH excluding ortho intramolecular Hbond substituents is 1. The minimum atomic E-state index is -0.591. The highest BCUT2D eigenvalue weighted by Crippen LogP contribution is 2.19. The molecule has 4 nitrogen and oxygen atoms in total. The van der Waals surface area contributed by atoms with Gasteiger partial charge in [0.2, 0.25) is 0 Å². The number of rotatable bonds is 3.